The van der Waals surface area contributed by atoms with Gasteiger partial charge in [-0.25, -0.2) is 12.7 Å². The number of rotatable bonds is 2. The lowest BCUT2D eigenvalue weighted by molar-refractivity contribution is 0.463. The molecule has 1 aliphatic carbocycles. The number of hydrogen-bond donors (Lipinski definition) is 0. The fourth-order valence-electron chi connectivity index (χ4n) is 3.20. The molecule has 19 heavy (non-hydrogen) atoms. The van der Waals surface area contributed by atoms with Crippen molar-refractivity contribution in [2.24, 2.45) is 11.8 Å². The van der Waals surface area contributed by atoms with E-state index in [9.17, 15) is 8.42 Å². The van der Waals surface area contributed by atoms with Gasteiger partial charge in [0.15, 0.2) is 0 Å². The van der Waals surface area contributed by atoms with Crippen molar-refractivity contribution >= 4 is 15.6 Å². The van der Waals surface area contributed by atoms with Gasteiger partial charge in [0.25, 0.3) is 0 Å². The molecule has 2 aliphatic rings. The number of fused-ring (bicyclic) bond motifs is 1. The molecule has 1 aliphatic heterocycles. The Morgan fingerprint density at radius 2 is 1.84 bits per heavy atom. The summed E-state index contributed by atoms with van der Waals surface area (Å²) in [5, 5.41) is 0. The van der Waals surface area contributed by atoms with E-state index in [1.165, 1.54) is 23.0 Å². The topological polar surface area (TPSA) is 37.4 Å². The van der Waals surface area contributed by atoms with Crippen molar-refractivity contribution in [2.45, 2.75) is 13.3 Å². The standard InChI is InChI=1S/C15H19NO2S/c1-11-3-5-12(6-4-11)14-8-7-13-9-16(10-15(13)14)19(2,17)18/h3-6,8,13,15H,7,9-10H2,1-2H3. The minimum atomic E-state index is -3.05. The monoisotopic (exact) mass is 277 g/mol. The van der Waals surface area contributed by atoms with Gasteiger partial charge in [-0.2, -0.15) is 0 Å². The zero-order valence-electron chi connectivity index (χ0n) is 11.3. The van der Waals surface area contributed by atoms with E-state index in [4.69, 9.17) is 0 Å². The summed E-state index contributed by atoms with van der Waals surface area (Å²) in [6.07, 6.45) is 4.60. The van der Waals surface area contributed by atoms with Crippen LogP contribution in [0.2, 0.25) is 0 Å². The number of sulfonamides is 1. The molecule has 1 heterocycles. The van der Waals surface area contributed by atoms with Gasteiger partial charge in [-0.05, 0) is 30.4 Å². The van der Waals surface area contributed by atoms with Crippen LogP contribution in [0, 0.1) is 18.8 Å². The third-order valence-corrected chi connectivity index (χ3v) is 5.54. The van der Waals surface area contributed by atoms with E-state index in [0.717, 1.165) is 6.42 Å². The minimum absolute atomic E-state index is 0.373. The van der Waals surface area contributed by atoms with Gasteiger partial charge in [-0.3, -0.25) is 0 Å². The van der Waals surface area contributed by atoms with E-state index in [1.807, 2.05) is 0 Å². The summed E-state index contributed by atoms with van der Waals surface area (Å²) in [6.45, 7) is 3.40. The van der Waals surface area contributed by atoms with Gasteiger partial charge >= 0.3 is 0 Å². The van der Waals surface area contributed by atoms with Crippen molar-refractivity contribution in [3.63, 3.8) is 0 Å². The maximum atomic E-state index is 11.7. The number of allylic oxidation sites excluding steroid dienone is 1. The second-order valence-corrected chi connectivity index (χ2v) is 7.69. The molecule has 1 aromatic carbocycles. The molecule has 0 radical (unpaired) electrons. The van der Waals surface area contributed by atoms with Crippen LogP contribution in [-0.4, -0.2) is 32.1 Å². The average Bonchev–Trinajstić information content (AvgIpc) is 2.89. The van der Waals surface area contributed by atoms with Crippen LogP contribution in [0.5, 0.6) is 0 Å². The molecule has 0 saturated carbocycles. The molecule has 102 valence electrons. The quantitative estimate of drug-likeness (QED) is 0.832. The lowest BCUT2D eigenvalue weighted by Crippen LogP contribution is -2.28. The molecule has 1 fully saturated rings. The van der Waals surface area contributed by atoms with Crippen molar-refractivity contribution < 1.29 is 8.42 Å². The smallest absolute Gasteiger partial charge is 0.211 e. The Morgan fingerprint density at radius 1 is 1.16 bits per heavy atom. The predicted octanol–water partition coefficient (Wildman–Crippen LogP) is 2.29. The van der Waals surface area contributed by atoms with Crippen molar-refractivity contribution in [2.75, 3.05) is 19.3 Å². The van der Waals surface area contributed by atoms with Gasteiger partial charge in [0.1, 0.15) is 0 Å². The summed E-state index contributed by atoms with van der Waals surface area (Å²) in [4.78, 5) is 0. The van der Waals surface area contributed by atoms with Crippen LogP contribution in [-0.2, 0) is 10.0 Å². The molecule has 0 bridgehead atoms. The van der Waals surface area contributed by atoms with Crippen LogP contribution in [0.4, 0.5) is 0 Å². The highest BCUT2D eigenvalue weighted by Crippen LogP contribution is 2.43. The van der Waals surface area contributed by atoms with Gasteiger partial charge in [0.2, 0.25) is 10.0 Å². The molecule has 1 saturated heterocycles. The first kappa shape index (κ1) is 12.9. The maximum Gasteiger partial charge on any atom is 0.211 e. The Bertz CT molecular complexity index is 616. The van der Waals surface area contributed by atoms with Crippen LogP contribution in [0.25, 0.3) is 5.57 Å². The normalized spacial score (nSPS) is 27.4. The molecule has 3 rings (SSSR count). The number of aryl methyl sites for hydroxylation is 1. The van der Waals surface area contributed by atoms with E-state index in [-0.39, 0.29) is 0 Å². The van der Waals surface area contributed by atoms with Gasteiger partial charge in [-0.15, -0.1) is 0 Å². The van der Waals surface area contributed by atoms with Crippen molar-refractivity contribution in [1.29, 1.82) is 0 Å². The summed E-state index contributed by atoms with van der Waals surface area (Å²) in [7, 11) is -3.05. The molecule has 3 nitrogen and oxygen atoms in total. The number of nitrogens with zero attached hydrogens (tertiary/aromatic N) is 1. The minimum Gasteiger partial charge on any atom is -0.213 e. The molecular weight excluding hydrogens is 258 g/mol. The summed E-state index contributed by atoms with van der Waals surface area (Å²) in [5.74, 6) is 0.837. The lowest BCUT2D eigenvalue weighted by Gasteiger charge is -2.15. The lowest BCUT2D eigenvalue weighted by atomic mass is 9.90. The largest absolute Gasteiger partial charge is 0.213 e. The fourth-order valence-corrected chi connectivity index (χ4v) is 4.09. The zero-order valence-corrected chi connectivity index (χ0v) is 12.2. The van der Waals surface area contributed by atoms with Gasteiger partial charge in [0.05, 0.1) is 6.26 Å². The Morgan fingerprint density at radius 3 is 2.47 bits per heavy atom. The molecule has 2 atom stereocenters. The number of benzene rings is 1. The average molecular weight is 277 g/mol. The fraction of sp³-hybridized carbons (Fsp3) is 0.467. The molecular formula is C15H19NO2S. The molecule has 0 amide bonds. The van der Waals surface area contributed by atoms with Crippen LogP contribution in [0.15, 0.2) is 30.3 Å². The Labute approximate surface area is 115 Å². The van der Waals surface area contributed by atoms with Crippen molar-refractivity contribution in [3.8, 4) is 0 Å². The Hall–Kier alpha value is -1.13. The summed E-state index contributed by atoms with van der Waals surface area (Å²) in [5.41, 5.74) is 3.83. The maximum absolute atomic E-state index is 11.7. The van der Waals surface area contributed by atoms with Crippen molar-refractivity contribution in [1.82, 2.24) is 4.31 Å². The molecule has 1 aromatic rings. The Kier molecular flexibility index (Phi) is 3.02. The highest BCUT2D eigenvalue weighted by atomic mass is 32.2. The van der Waals surface area contributed by atoms with Gasteiger partial charge in [0, 0.05) is 19.0 Å². The Balaban J connectivity index is 1.85. The first-order chi connectivity index (χ1) is 8.95. The molecule has 0 aromatic heterocycles. The summed E-state index contributed by atoms with van der Waals surface area (Å²) in [6, 6.07) is 8.53. The molecule has 4 heteroatoms. The molecule has 0 N–H and O–H groups in total. The second-order valence-electron chi connectivity index (χ2n) is 5.71. The summed E-state index contributed by atoms with van der Waals surface area (Å²) < 4.78 is 24.9. The van der Waals surface area contributed by atoms with Crippen LogP contribution >= 0.6 is 0 Å². The summed E-state index contributed by atoms with van der Waals surface area (Å²) >= 11 is 0. The third-order valence-electron chi connectivity index (χ3n) is 4.30. The first-order valence-corrected chi connectivity index (χ1v) is 8.52. The van der Waals surface area contributed by atoms with Crippen LogP contribution in [0.3, 0.4) is 0 Å². The third kappa shape index (κ3) is 2.35. The zero-order chi connectivity index (χ0) is 13.6. The first-order valence-electron chi connectivity index (χ1n) is 6.67. The SMILES string of the molecule is Cc1ccc(C2=CCC3CN(S(C)(=O)=O)CC23)cc1. The van der Waals surface area contributed by atoms with Crippen LogP contribution in [0.1, 0.15) is 17.5 Å². The van der Waals surface area contributed by atoms with E-state index >= 15 is 0 Å². The number of hydrogen-bond acceptors (Lipinski definition) is 2. The highest BCUT2D eigenvalue weighted by Gasteiger charge is 2.41. The van der Waals surface area contributed by atoms with Gasteiger partial charge < -0.3 is 0 Å². The van der Waals surface area contributed by atoms with Crippen molar-refractivity contribution in [3.05, 3.63) is 41.5 Å². The highest BCUT2D eigenvalue weighted by molar-refractivity contribution is 7.88. The van der Waals surface area contributed by atoms with E-state index in [0.29, 0.717) is 24.9 Å². The van der Waals surface area contributed by atoms with E-state index in [1.54, 1.807) is 4.31 Å². The van der Waals surface area contributed by atoms with E-state index in [2.05, 4.69) is 37.3 Å². The van der Waals surface area contributed by atoms with E-state index < -0.39 is 10.0 Å². The van der Waals surface area contributed by atoms with Gasteiger partial charge in [-0.1, -0.05) is 35.9 Å². The second kappa shape index (κ2) is 4.46. The molecule has 2 unspecified atom stereocenters. The van der Waals surface area contributed by atoms with Crippen LogP contribution < -0.4 is 0 Å². The molecule has 0 spiro atoms. The predicted molar refractivity (Wildman–Crippen MR) is 77.2 cm³/mol.